The summed E-state index contributed by atoms with van der Waals surface area (Å²) in [7, 11) is 7.24. The normalized spacial score (nSPS) is 10.4. The van der Waals surface area contributed by atoms with Crippen LogP contribution in [0.2, 0.25) is 0 Å². The Labute approximate surface area is 82.1 Å². The SMILES string of the molecule is [B]c1cc2ccc(NC)cc2oc1=O. The summed E-state index contributed by atoms with van der Waals surface area (Å²) in [5, 5.41) is 3.78. The van der Waals surface area contributed by atoms with Gasteiger partial charge in [-0.1, -0.05) is 6.07 Å². The van der Waals surface area contributed by atoms with Gasteiger partial charge in [0.2, 0.25) is 0 Å². The molecule has 1 N–H and O–H groups in total. The van der Waals surface area contributed by atoms with E-state index in [1.165, 1.54) is 0 Å². The molecule has 2 aromatic rings. The van der Waals surface area contributed by atoms with Gasteiger partial charge in [0.25, 0.3) is 0 Å². The number of hydrogen-bond donors (Lipinski definition) is 1. The summed E-state index contributed by atoms with van der Waals surface area (Å²) < 4.78 is 5.01. The molecule has 0 aliphatic rings. The highest BCUT2D eigenvalue weighted by Crippen LogP contribution is 2.16. The zero-order chi connectivity index (χ0) is 10.1. The van der Waals surface area contributed by atoms with Crippen molar-refractivity contribution < 1.29 is 4.42 Å². The minimum absolute atomic E-state index is 0.134. The first-order chi connectivity index (χ1) is 6.70. The molecule has 0 atom stereocenters. The fraction of sp³-hybridized carbons (Fsp3) is 0.100. The summed E-state index contributed by atoms with van der Waals surface area (Å²) in [5.74, 6) is 0. The summed E-state index contributed by atoms with van der Waals surface area (Å²) in [6, 6.07) is 7.11. The van der Waals surface area contributed by atoms with Crippen LogP contribution >= 0.6 is 0 Å². The van der Waals surface area contributed by atoms with Gasteiger partial charge < -0.3 is 9.73 Å². The van der Waals surface area contributed by atoms with E-state index in [0.29, 0.717) is 5.58 Å². The molecule has 0 unspecified atom stereocenters. The van der Waals surface area contributed by atoms with Crippen molar-refractivity contribution in [1.82, 2.24) is 0 Å². The lowest BCUT2D eigenvalue weighted by atomic mass is 9.97. The Bertz CT molecular complexity index is 533. The monoisotopic (exact) mass is 185 g/mol. The summed E-state index contributed by atoms with van der Waals surface area (Å²) in [6.07, 6.45) is 0. The van der Waals surface area contributed by atoms with Crippen molar-refractivity contribution in [1.29, 1.82) is 0 Å². The van der Waals surface area contributed by atoms with Crippen LogP contribution in [-0.2, 0) is 0 Å². The molecule has 2 rings (SSSR count). The smallest absolute Gasteiger partial charge is 0.328 e. The van der Waals surface area contributed by atoms with E-state index in [9.17, 15) is 4.79 Å². The van der Waals surface area contributed by atoms with E-state index >= 15 is 0 Å². The number of rotatable bonds is 1. The van der Waals surface area contributed by atoms with E-state index in [0.717, 1.165) is 11.1 Å². The first-order valence-corrected chi connectivity index (χ1v) is 4.22. The van der Waals surface area contributed by atoms with E-state index in [2.05, 4.69) is 5.32 Å². The number of nitrogens with one attached hydrogen (secondary N) is 1. The molecule has 4 heteroatoms. The fourth-order valence-corrected chi connectivity index (χ4v) is 1.28. The molecule has 0 spiro atoms. The second-order valence-corrected chi connectivity index (χ2v) is 2.99. The summed E-state index contributed by atoms with van der Waals surface area (Å²) in [5.41, 5.74) is 1.07. The van der Waals surface area contributed by atoms with Crippen LogP contribution < -0.4 is 16.4 Å². The molecule has 2 radical (unpaired) electrons. The number of anilines is 1. The molecular weight excluding hydrogens is 177 g/mol. The van der Waals surface area contributed by atoms with E-state index in [4.69, 9.17) is 12.3 Å². The molecule has 68 valence electrons. The van der Waals surface area contributed by atoms with Crippen molar-refractivity contribution in [3.05, 3.63) is 34.7 Å². The van der Waals surface area contributed by atoms with Gasteiger partial charge in [-0.2, -0.15) is 0 Å². The third-order valence-electron chi connectivity index (χ3n) is 2.05. The Morgan fingerprint density at radius 3 is 2.86 bits per heavy atom. The van der Waals surface area contributed by atoms with E-state index < -0.39 is 5.63 Å². The second-order valence-electron chi connectivity index (χ2n) is 2.99. The molecule has 14 heavy (non-hydrogen) atoms. The zero-order valence-electron chi connectivity index (χ0n) is 7.70. The van der Waals surface area contributed by atoms with Crippen LogP contribution in [0.1, 0.15) is 0 Å². The standard InChI is InChI=1S/C10H8BNO2/c1-12-7-3-2-6-4-8(11)10(13)14-9(6)5-7/h2-5,12H,1H3. The Hall–Kier alpha value is -1.71. The van der Waals surface area contributed by atoms with Gasteiger partial charge >= 0.3 is 5.63 Å². The highest BCUT2D eigenvalue weighted by atomic mass is 16.4. The van der Waals surface area contributed by atoms with Gasteiger partial charge in [0.1, 0.15) is 13.4 Å². The third-order valence-corrected chi connectivity index (χ3v) is 2.05. The molecule has 0 aliphatic carbocycles. The maximum absolute atomic E-state index is 11.1. The summed E-state index contributed by atoms with van der Waals surface area (Å²) >= 11 is 0. The van der Waals surface area contributed by atoms with E-state index in [-0.39, 0.29) is 5.46 Å². The van der Waals surface area contributed by atoms with Gasteiger partial charge in [-0.25, -0.2) is 4.79 Å². The van der Waals surface area contributed by atoms with Crippen LogP contribution in [0.4, 0.5) is 5.69 Å². The van der Waals surface area contributed by atoms with Gasteiger partial charge in [0.15, 0.2) is 0 Å². The largest absolute Gasteiger partial charge is 0.423 e. The summed E-state index contributed by atoms with van der Waals surface area (Å²) in [4.78, 5) is 11.1. The van der Waals surface area contributed by atoms with Gasteiger partial charge in [0.05, 0.1) is 0 Å². The lowest BCUT2D eigenvalue weighted by Gasteiger charge is -2.01. The van der Waals surface area contributed by atoms with Crippen molar-refractivity contribution in [2.75, 3.05) is 12.4 Å². The predicted octanol–water partition coefficient (Wildman–Crippen LogP) is 0.628. The fourth-order valence-electron chi connectivity index (χ4n) is 1.28. The highest BCUT2D eigenvalue weighted by molar-refractivity contribution is 6.32. The van der Waals surface area contributed by atoms with Crippen molar-refractivity contribution >= 4 is 30.0 Å². The molecule has 3 nitrogen and oxygen atoms in total. The number of fused-ring (bicyclic) bond motifs is 1. The predicted molar refractivity (Wildman–Crippen MR) is 57.4 cm³/mol. The maximum Gasteiger partial charge on any atom is 0.328 e. The molecule has 1 aromatic carbocycles. The minimum Gasteiger partial charge on any atom is -0.423 e. The third kappa shape index (κ3) is 1.39. The molecule has 0 saturated carbocycles. The van der Waals surface area contributed by atoms with Crippen LogP contribution in [0.3, 0.4) is 0 Å². The zero-order valence-corrected chi connectivity index (χ0v) is 7.70. The lowest BCUT2D eigenvalue weighted by molar-refractivity contribution is 0.567. The van der Waals surface area contributed by atoms with E-state index in [1.54, 1.807) is 19.2 Å². The van der Waals surface area contributed by atoms with Crippen LogP contribution in [0.15, 0.2) is 33.5 Å². The van der Waals surface area contributed by atoms with Gasteiger partial charge in [0, 0.05) is 24.2 Å². The first kappa shape index (κ1) is 8.87. The second kappa shape index (κ2) is 3.22. The molecule has 0 fully saturated rings. The van der Waals surface area contributed by atoms with Crippen LogP contribution in [0.25, 0.3) is 11.0 Å². The van der Waals surface area contributed by atoms with Crippen molar-refractivity contribution in [3.63, 3.8) is 0 Å². The first-order valence-electron chi connectivity index (χ1n) is 4.22. The van der Waals surface area contributed by atoms with Crippen LogP contribution in [0.5, 0.6) is 0 Å². The molecular formula is C10H8BNO2. The number of hydrogen-bond acceptors (Lipinski definition) is 3. The lowest BCUT2D eigenvalue weighted by Crippen LogP contribution is -2.23. The van der Waals surface area contributed by atoms with Crippen LogP contribution in [-0.4, -0.2) is 14.9 Å². The number of benzene rings is 1. The summed E-state index contributed by atoms with van der Waals surface area (Å²) in [6.45, 7) is 0. The van der Waals surface area contributed by atoms with Crippen molar-refractivity contribution in [2.45, 2.75) is 0 Å². The quantitative estimate of drug-likeness (QED) is 0.523. The van der Waals surface area contributed by atoms with Crippen LogP contribution in [0, 0.1) is 0 Å². The molecule has 0 aliphatic heterocycles. The Morgan fingerprint density at radius 1 is 1.36 bits per heavy atom. The highest BCUT2D eigenvalue weighted by Gasteiger charge is 2.00. The maximum atomic E-state index is 11.1. The Kier molecular flexibility index (Phi) is 2.04. The van der Waals surface area contributed by atoms with Crippen molar-refractivity contribution in [3.8, 4) is 0 Å². The van der Waals surface area contributed by atoms with Gasteiger partial charge in [-0.3, -0.25) is 0 Å². The van der Waals surface area contributed by atoms with E-state index in [1.807, 2.05) is 12.1 Å². The van der Waals surface area contributed by atoms with Gasteiger partial charge in [-0.15, -0.1) is 0 Å². The van der Waals surface area contributed by atoms with Gasteiger partial charge in [-0.05, 0) is 17.6 Å². The molecule has 0 saturated heterocycles. The molecule has 1 aromatic heterocycles. The molecule has 0 amide bonds. The molecule has 0 bridgehead atoms. The molecule has 1 heterocycles. The Morgan fingerprint density at radius 2 is 2.14 bits per heavy atom. The average Bonchev–Trinajstić information content (AvgIpc) is 2.19. The van der Waals surface area contributed by atoms with Crippen molar-refractivity contribution in [2.24, 2.45) is 0 Å². The topological polar surface area (TPSA) is 42.2 Å². The average molecular weight is 185 g/mol. The Balaban J connectivity index is 2.77. The minimum atomic E-state index is -0.495.